The van der Waals surface area contributed by atoms with Crippen molar-refractivity contribution in [1.82, 2.24) is 4.90 Å². The number of likely N-dealkylation sites (tertiary alicyclic amines) is 1. The summed E-state index contributed by atoms with van der Waals surface area (Å²) in [6, 6.07) is 0. The van der Waals surface area contributed by atoms with Gasteiger partial charge in [-0.3, -0.25) is 9.69 Å². The van der Waals surface area contributed by atoms with Gasteiger partial charge in [-0.25, -0.2) is 0 Å². The summed E-state index contributed by atoms with van der Waals surface area (Å²) >= 11 is 0. The van der Waals surface area contributed by atoms with E-state index in [1.54, 1.807) is 13.8 Å². The molecule has 3 nitrogen and oxygen atoms in total. The van der Waals surface area contributed by atoms with Crippen molar-refractivity contribution in [2.45, 2.75) is 58.9 Å². The van der Waals surface area contributed by atoms with Gasteiger partial charge in [0, 0.05) is 13.1 Å². The summed E-state index contributed by atoms with van der Waals surface area (Å²) in [5, 5.41) is 9.17. The van der Waals surface area contributed by atoms with Crippen LogP contribution in [0.25, 0.3) is 0 Å². The van der Waals surface area contributed by atoms with Crippen molar-refractivity contribution in [3.8, 4) is 0 Å². The molecule has 94 valence electrons. The Morgan fingerprint density at radius 2 is 1.69 bits per heavy atom. The fraction of sp³-hybridized carbons (Fsp3) is 0.923. The standard InChI is InChI=1S/C13H25NO2/c1-5-7-13(8-6-2)9-14(10-13)12(3,4)11(15)16/h5-10H2,1-4H3,(H,15,16). The van der Waals surface area contributed by atoms with Crippen LogP contribution >= 0.6 is 0 Å². The fourth-order valence-corrected chi connectivity index (χ4v) is 2.80. The van der Waals surface area contributed by atoms with Crippen LogP contribution in [0.2, 0.25) is 0 Å². The van der Waals surface area contributed by atoms with E-state index in [1.165, 1.54) is 25.7 Å². The molecule has 0 aromatic heterocycles. The quantitative estimate of drug-likeness (QED) is 0.758. The minimum absolute atomic E-state index is 0.399. The molecule has 16 heavy (non-hydrogen) atoms. The maximum atomic E-state index is 11.1. The van der Waals surface area contributed by atoms with Crippen LogP contribution < -0.4 is 0 Å². The molecule has 3 heteroatoms. The van der Waals surface area contributed by atoms with E-state index in [1.807, 2.05) is 0 Å². The summed E-state index contributed by atoms with van der Waals surface area (Å²) in [7, 11) is 0. The van der Waals surface area contributed by atoms with Crippen LogP contribution in [0.15, 0.2) is 0 Å². The molecule has 0 amide bonds. The van der Waals surface area contributed by atoms with Gasteiger partial charge in [0.15, 0.2) is 0 Å². The number of nitrogens with zero attached hydrogens (tertiary/aromatic N) is 1. The van der Waals surface area contributed by atoms with E-state index in [9.17, 15) is 4.79 Å². The molecule has 0 unspecified atom stereocenters. The Kier molecular flexibility index (Phi) is 4.00. The highest BCUT2D eigenvalue weighted by molar-refractivity contribution is 5.77. The molecule has 0 bridgehead atoms. The SMILES string of the molecule is CCCC1(CCC)CN(C(C)(C)C(=O)O)C1. The molecule has 1 saturated heterocycles. The van der Waals surface area contributed by atoms with Gasteiger partial charge < -0.3 is 5.11 Å². The van der Waals surface area contributed by atoms with Gasteiger partial charge in [-0.2, -0.15) is 0 Å². The molecule has 1 heterocycles. The normalized spacial score (nSPS) is 20.5. The zero-order valence-corrected chi connectivity index (χ0v) is 11.0. The summed E-state index contributed by atoms with van der Waals surface area (Å²) in [5.74, 6) is -0.714. The molecule has 0 radical (unpaired) electrons. The molecule has 1 rings (SSSR count). The predicted molar refractivity (Wildman–Crippen MR) is 65.5 cm³/mol. The monoisotopic (exact) mass is 227 g/mol. The van der Waals surface area contributed by atoms with Crippen LogP contribution in [0, 0.1) is 5.41 Å². The first-order valence-electron chi connectivity index (χ1n) is 6.36. The fourth-order valence-electron chi connectivity index (χ4n) is 2.80. The third-order valence-electron chi connectivity index (χ3n) is 3.93. The summed E-state index contributed by atoms with van der Waals surface area (Å²) < 4.78 is 0. The van der Waals surface area contributed by atoms with Crippen LogP contribution in [0.1, 0.15) is 53.4 Å². The molecule has 1 fully saturated rings. The van der Waals surface area contributed by atoms with E-state index in [4.69, 9.17) is 5.11 Å². The first kappa shape index (κ1) is 13.5. The molecule has 0 aliphatic carbocycles. The largest absolute Gasteiger partial charge is 0.480 e. The van der Waals surface area contributed by atoms with Gasteiger partial charge in [-0.15, -0.1) is 0 Å². The summed E-state index contributed by atoms with van der Waals surface area (Å²) in [6.07, 6.45) is 4.85. The molecule has 0 aromatic carbocycles. The Morgan fingerprint density at radius 1 is 1.25 bits per heavy atom. The van der Waals surface area contributed by atoms with Crippen molar-refractivity contribution >= 4 is 5.97 Å². The van der Waals surface area contributed by atoms with Crippen molar-refractivity contribution in [3.05, 3.63) is 0 Å². The predicted octanol–water partition coefficient (Wildman–Crippen LogP) is 2.75. The van der Waals surface area contributed by atoms with Crippen LogP contribution in [0.5, 0.6) is 0 Å². The van der Waals surface area contributed by atoms with E-state index >= 15 is 0 Å². The molecule has 0 atom stereocenters. The highest BCUT2D eigenvalue weighted by Crippen LogP contribution is 2.42. The second kappa shape index (κ2) is 4.74. The summed E-state index contributed by atoms with van der Waals surface area (Å²) in [5.41, 5.74) is -0.304. The van der Waals surface area contributed by atoms with Gasteiger partial charge in [-0.1, -0.05) is 26.7 Å². The Morgan fingerprint density at radius 3 is 2.00 bits per heavy atom. The van der Waals surface area contributed by atoms with Crippen molar-refractivity contribution in [2.75, 3.05) is 13.1 Å². The lowest BCUT2D eigenvalue weighted by molar-refractivity contribution is -0.160. The Bertz CT molecular complexity index is 247. The Hall–Kier alpha value is -0.570. The Balaban J connectivity index is 2.59. The number of hydrogen-bond acceptors (Lipinski definition) is 2. The average molecular weight is 227 g/mol. The number of carboxylic acid groups (broad SMARTS) is 1. The van der Waals surface area contributed by atoms with Gasteiger partial charge in [0.25, 0.3) is 0 Å². The van der Waals surface area contributed by atoms with Crippen molar-refractivity contribution in [2.24, 2.45) is 5.41 Å². The number of rotatable bonds is 6. The van der Waals surface area contributed by atoms with Crippen molar-refractivity contribution in [1.29, 1.82) is 0 Å². The third-order valence-corrected chi connectivity index (χ3v) is 3.93. The van der Waals surface area contributed by atoms with E-state index in [-0.39, 0.29) is 0 Å². The number of carboxylic acids is 1. The van der Waals surface area contributed by atoms with E-state index < -0.39 is 11.5 Å². The molecular formula is C13H25NO2. The third kappa shape index (κ3) is 2.40. The maximum absolute atomic E-state index is 11.1. The lowest BCUT2D eigenvalue weighted by Crippen LogP contribution is -2.65. The second-order valence-electron chi connectivity index (χ2n) is 5.72. The number of aliphatic carboxylic acids is 1. The zero-order valence-electron chi connectivity index (χ0n) is 11.0. The first-order valence-corrected chi connectivity index (χ1v) is 6.36. The second-order valence-corrected chi connectivity index (χ2v) is 5.72. The Labute approximate surface area is 98.8 Å². The summed E-state index contributed by atoms with van der Waals surface area (Å²) in [6.45, 7) is 9.93. The lowest BCUT2D eigenvalue weighted by atomic mass is 9.70. The van der Waals surface area contributed by atoms with Crippen LogP contribution in [-0.4, -0.2) is 34.6 Å². The molecular weight excluding hydrogens is 202 g/mol. The molecule has 1 N–H and O–H groups in total. The molecule has 0 aromatic rings. The van der Waals surface area contributed by atoms with Crippen molar-refractivity contribution < 1.29 is 9.90 Å². The minimum Gasteiger partial charge on any atom is -0.480 e. The smallest absolute Gasteiger partial charge is 0.323 e. The summed E-state index contributed by atoms with van der Waals surface area (Å²) in [4.78, 5) is 13.2. The van der Waals surface area contributed by atoms with E-state index in [0.29, 0.717) is 5.41 Å². The van der Waals surface area contributed by atoms with Crippen LogP contribution in [0.3, 0.4) is 0 Å². The minimum atomic E-state index is -0.714. The van der Waals surface area contributed by atoms with Gasteiger partial charge in [0.2, 0.25) is 0 Å². The lowest BCUT2D eigenvalue weighted by Gasteiger charge is -2.55. The number of hydrogen-bond donors (Lipinski definition) is 1. The van der Waals surface area contributed by atoms with Gasteiger partial charge in [-0.05, 0) is 32.1 Å². The average Bonchev–Trinajstić information content (AvgIpc) is 2.13. The molecule has 1 aliphatic rings. The van der Waals surface area contributed by atoms with Gasteiger partial charge >= 0.3 is 5.97 Å². The maximum Gasteiger partial charge on any atom is 0.323 e. The van der Waals surface area contributed by atoms with Crippen LogP contribution in [0.4, 0.5) is 0 Å². The zero-order chi connectivity index (χ0) is 12.4. The van der Waals surface area contributed by atoms with Crippen molar-refractivity contribution in [3.63, 3.8) is 0 Å². The highest BCUT2D eigenvalue weighted by Gasteiger charge is 2.49. The van der Waals surface area contributed by atoms with Gasteiger partial charge in [0.05, 0.1) is 0 Å². The van der Waals surface area contributed by atoms with Gasteiger partial charge in [0.1, 0.15) is 5.54 Å². The van der Waals surface area contributed by atoms with E-state index in [0.717, 1.165) is 13.1 Å². The highest BCUT2D eigenvalue weighted by atomic mass is 16.4. The number of carbonyl (C=O) groups is 1. The topological polar surface area (TPSA) is 40.5 Å². The molecule has 1 aliphatic heterocycles. The first-order chi connectivity index (χ1) is 7.38. The molecule has 0 saturated carbocycles. The van der Waals surface area contributed by atoms with E-state index in [2.05, 4.69) is 18.7 Å². The molecule has 0 spiro atoms. The van der Waals surface area contributed by atoms with Crippen LogP contribution in [-0.2, 0) is 4.79 Å².